The molecule has 0 spiro atoms. The average Bonchev–Trinajstić information content (AvgIpc) is 2.88. The van der Waals surface area contributed by atoms with Crippen molar-refractivity contribution in [3.8, 4) is 0 Å². The van der Waals surface area contributed by atoms with Gasteiger partial charge in [-0.15, -0.1) is 11.8 Å². The smallest absolute Gasteiger partial charge is 0.264 e. The summed E-state index contributed by atoms with van der Waals surface area (Å²) < 4.78 is 29.1. The molecule has 0 heterocycles. The Hall–Kier alpha value is -2.78. The molecule has 4 aromatic carbocycles. The topological polar surface area (TPSA) is 66.5 Å². The van der Waals surface area contributed by atoms with Crippen molar-refractivity contribution in [2.75, 3.05) is 16.2 Å². The molecule has 190 valence electrons. The van der Waals surface area contributed by atoms with Crippen molar-refractivity contribution < 1.29 is 13.2 Å². The van der Waals surface area contributed by atoms with Gasteiger partial charge in [0.1, 0.15) is 6.54 Å². The highest BCUT2D eigenvalue weighted by molar-refractivity contribution is 9.10. The predicted molar refractivity (Wildman–Crippen MR) is 156 cm³/mol. The molecule has 0 fully saturated rings. The van der Waals surface area contributed by atoms with Gasteiger partial charge in [0.05, 0.1) is 16.3 Å². The summed E-state index contributed by atoms with van der Waals surface area (Å²) in [6, 6.07) is 28.5. The van der Waals surface area contributed by atoms with Crippen LogP contribution in [-0.2, 0) is 20.6 Å². The van der Waals surface area contributed by atoms with E-state index in [2.05, 4.69) is 21.2 Å². The summed E-state index contributed by atoms with van der Waals surface area (Å²) in [4.78, 5) is 14.2. The number of carbonyl (C=O) groups excluding carboxylic acids is 1. The average molecular weight is 616 g/mol. The number of anilines is 2. The van der Waals surface area contributed by atoms with Crippen LogP contribution in [0.1, 0.15) is 11.1 Å². The first-order valence-corrected chi connectivity index (χ1v) is 14.9. The molecule has 4 rings (SSSR count). The van der Waals surface area contributed by atoms with E-state index in [9.17, 15) is 13.2 Å². The largest absolute Gasteiger partial charge is 0.323 e. The molecule has 0 aliphatic carbocycles. The zero-order valence-corrected chi connectivity index (χ0v) is 23.9. The lowest BCUT2D eigenvalue weighted by atomic mass is 10.2. The van der Waals surface area contributed by atoms with E-state index in [1.165, 1.54) is 0 Å². The summed E-state index contributed by atoms with van der Waals surface area (Å²) in [5.74, 6) is 0.245. The van der Waals surface area contributed by atoms with E-state index in [4.69, 9.17) is 11.6 Å². The molecular weight excluding hydrogens is 592 g/mol. The third-order valence-electron chi connectivity index (χ3n) is 5.48. The highest BCUT2D eigenvalue weighted by atomic mass is 79.9. The highest BCUT2D eigenvalue weighted by Gasteiger charge is 2.27. The molecule has 0 atom stereocenters. The van der Waals surface area contributed by atoms with Crippen molar-refractivity contribution in [2.24, 2.45) is 0 Å². The SMILES string of the molecule is Cc1ccc(S(=O)(=O)N(CC(=O)Nc2ccccc2SCc2ccc(Cl)cc2)c2ccc(Br)cc2)cc1. The van der Waals surface area contributed by atoms with Gasteiger partial charge in [-0.05, 0) is 73.2 Å². The molecular formula is C28H24BrClN2O3S2. The molecule has 0 aromatic heterocycles. The minimum atomic E-state index is -3.99. The number of hydrogen-bond donors (Lipinski definition) is 1. The van der Waals surface area contributed by atoms with Crippen LogP contribution in [0.25, 0.3) is 0 Å². The summed E-state index contributed by atoms with van der Waals surface area (Å²) in [6.07, 6.45) is 0. The molecule has 37 heavy (non-hydrogen) atoms. The monoisotopic (exact) mass is 614 g/mol. The molecule has 1 N–H and O–H groups in total. The van der Waals surface area contributed by atoms with E-state index in [-0.39, 0.29) is 11.4 Å². The number of halogens is 2. The third kappa shape index (κ3) is 7.17. The lowest BCUT2D eigenvalue weighted by molar-refractivity contribution is -0.114. The van der Waals surface area contributed by atoms with Gasteiger partial charge in [0.2, 0.25) is 5.91 Å². The highest BCUT2D eigenvalue weighted by Crippen LogP contribution is 2.31. The number of amides is 1. The Morgan fingerprint density at radius 1 is 0.919 bits per heavy atom. The first kappa shape index (κ1) is 27.3. The maximum Gasteiger partial charge on any atom is 0.264 e. The lowest BCUT2D eigenvalue weighted by Crippen LogP contribution is -2.38. The number of sulfonamides is 1. The van der Waals surface area contributed by atoms with Gasteiger partial charge in [0, 0.05) is 20.1 Å². The Morgan fingerprint density at radius 2 is 1.57 bits per heavy atom. The molecule has 0 saturated carbocycles. The lowest BCUT2D eigenvalue weighted by Gasteiger charge is -2.24. The molecule has 9 heteroatoms. The van der Waals surface area contributed by atoms with Crippen molar-refractivity contribution in [1.29, 1.82) is 0 Å². The minimum Gasteiger partial charge on any atom is -0.323 e. The van der Waals surface area contributed by atoms with Gasteiger partial charge in [-0.25, -0.2) is 8.42 Å². The van der Waals surface area contributed by atoms with Crippen LogP contribution < -0.4 is 9.62 Å². The second kappa shape index (κ2) is 12.2. The van der Waals surface area contributed by atoms with Gasteiger partial charge in [0.15, 0.2) is 0 Å². The van der Waals surface area contributed by atoms with Crippen LogP contribution in [0, 0.1) is 6.92 Å². The standard InChI is InChI=1S/C28H24BrClN2O3S2/c1-20-6-16-25(17-7-20)37(34,35)32(24-14-10-22(29)11-15-24)18-28(33)31-26-4-2-3-5-27(26)36-19-21-8-12-23(30)13-9-21/h2-17H,18-19H2,1H3,(H,31,33). The fourth-order valence-electron chi connectivity index (χ4n) is 3.52. The first-order valence-electron chi connectivity index (χ1n) is 11.3. The van der Waals surface area contributed by atoms with Crippen LogP contribution >= 0.6 is 39.3 Å². The quantitative estimate of drug-likeness (QED) is 0.198. The van der Waals surface area contributed by atoms with Gasteiger partial charge in [-0.1, -0.05) is 69.5 Å². The van der Waals surface area contributed by atoms with Gasteiger partial charge in [-0.3, -0.25) is 9.10 Å². The number of nitrogens with one attached hydrogen (secondary N) is 1. The van der Waals surface area contributed by atoms with Crippen molar-refractivity contribution in [2.45, 2.75) is 22.5 Å². The Bertz CT molecular complexity index is 1480. The third-order valence-corrected chi connectivity index (χ3v) is 9.19. The maximum absolute atomic E-state index is 13.6. The summed E-state index contributed by atoms with van der Waals surface area (Å²) in [5.41, 5.74) is 3.06. The van der Waals surface area contributed by atoms with Gasteiger partial charge >= 0.3 is 0 Å². The van der Waals surface area contributed by atoms with Crippen molar-refractivity contribution >= 4 is 66.6 Å². The number of rotatable bonds is 9. The van der Waals surface area contributed by atoms with E-state index in [1.54, 1.807) is 66.4 Å². The van der Waals surface area contributed by atoms with E-state index >= 15 is 0 Å². The molecule has 0 aliphatic heterocycles. The fourth-order valence-corrected chi connectivity index (χ4v) is 6.29. The summed E-state index contributed by atoms with van der Waals surface area (Å²) in [6.45, 7) is 1.51. The second-order valence-electron chi connectivity index (χ2n) is 8.26. The van der Waals surface area contributed by atoms with Crippen molar-refractivity contribution in [3.05, 3.63) is 118 Å². The number of para-hydroxylation sites is 1. The minimum absolute atomic E-state index is 0.118. The van der Waals surface area contributed by atoms with Crippen LogP contribution in [0.15, 0.2) is 111 Å². The van der Waals surface area contributed by atoms with Crippen LogP contribution in [0.2, 0.25) is 5.02 Å². The second-order valence-corrected chi connectivity index (χ2v) is 12.5. The van der Waals surface area contributed by atoms with Crippen LogP contribution in [0.4, 0.5) is 11.4 Å². The van der Waals surface area contributed by atoms with Gasteiger partial charge in [-0.2, -0.15) is 0 Å². The van der Waals surface area contributed by atoms with Crippen molar-refractivity contribution in [3.63, 3.8) is 0 Å². The fraction of sp³-hybridized carbons (Fsp3) is 0.107. The molecule has 0 radical (unpaired) electrons. The van der Waals surface area contributed by atoms with Crippen LogP contribution in [0.3, 0.4) is 0 Å². The summed E-state index contributed by atoms with van der Waals surface area (Å²) in [7, 11) is -3.99. The zero-order valence-electron chi connectivity index (χ0n) is 19.9. The molecule has 5 nitrogen and oxygen atoms in total. The Balaban J connectivity index is 1.56. The first-order chi connectivity index (χ1) is 17.7. The Morgan fingerprint density at radius 3 is 2.24 bits per heavy atom. The van der Waals surface area contributed by atoms with E-state index in [0.717, 1.165) is 24.8 Å². The number of carbonyl (C=O) groups is 1. The molecule has 0 saturated heterocycles. The number of nitrogens with zero attached hydrogens (tertiary/aromatic N) is 1. The van der Waals surface area contributed by atoms with Gasteiger partial charge in [0.25, 0.3) is 10.0 Å². The number of benzene rings is 4. The van der Waals surface area contributed by atoms with Crippen LogP contribution in [-0.4, -0.2) is 20.9 Å². The Labute approximate surface area is 235 Å². The molecule has 4 aromatic rings. The number of thioether (sulfide) groups is 1. The van der Waals surface area contributed by atoms with Crippen molar-refractivity contribution in [1.82, 2.24) is 0 Å². The molecule has 0 unspecified atom stereocenters. The van der Waals surface area contributed by atoms with E-state index in [0.29, 0.717) is 22.2 Å². The summed E-state index contributed by atoms with van der Waals surface area (Å²) in [5, 5.41) is 3.58. The number of hydrogen-bond acceptors (Lipinski definition) is 4. The molecule has 1 amide bonds. The van der Waals surface area contributed by atoms with Crippen LogP contribution in [0.5, 0.6) is 0 Å². The summed E-state index contributed by atoms with van der Waals surface area (Å²) >= 11 is 10.9. The zero-order chi connectivity index (χ0) is 26.4. The molecule has 0 bridgehead atoms. The molecule has 0 aliphatic rings. The van der Waals surface area contributed by atoms with E-state index in [1.807, 2.05) is 49.4 Å². The number of aryl methyl sites for hydroxylation is 1. The normalized spacial score (nSPS) is 11.2. The van der Waals surface area contributed by atoms with Gasteiger partial charge < -0.3 is 5.32 Å². The van der Waals surface area contributed by atoms with E-state index < -0.39 is 15.9 Å². The maximum atomic E-state index is 13.6. The predicted octanol–water partition coefficient (Wildman–Crippen LogP) is 7.54. The Kier molecular flexibility index (Phi) is 8.97.